The fourth-order valence-electron chi connectivity index (χ4n) is 3.41. The summed E-state index contributed by atoms with van der Waals surface area (Å²) in [5, 5.41) is 0. The Morgan fingerprint density at radius 2 is 1.93 bits per heavy atom. The van der Waals surface area contributed by atoms with Crippen LogP contribution in [0.1, 0.15) is 59.3 Å². The van der Waals surface area contributed by atoms with Crippen LogP contribution in [0, 0.1) is 10.8 Å². The van der Waals surface area contributed by atoms with Crippen LogP contribution in [0.4, 0.5) is 0 Å². The smallest absolute Gasteiger partial charge is 0.00621 e. The number of hydrogen-bond acceptors (Lipinski definition) is 0. The summed E-state index contributed by atoms with van der Waals surface area (Å²) in [6.45, 7) is 11.5. The van der Waals surface area contributed by atoms with Crippen molar-refractivity contribution >= 4 is 0 Å². The molecule has 0 saturated heterocycles. The summed E-state index contributed by atoms with van der Waals surface area (Å²) in [6, 6.07) is 0. The average Bonchev–Trinajstić information content (AvgIpc) is 2.54. The largest absolute Gasteiger partial charge is 0.0993 e. The van der Waals surface area contributed by atoms with Gasteiger partial charge in [0.25, 0.3) is 0 Å². The molecular weight excluding hydrogens is 180 g/mol. The van der Waals surface area contributed by atoms with E-state index in [9.17, 15) is 0 Å². The highest BCUT2D eigenvalue weighted by molar-refractivity contribution is 5.22. The molecule has 0 spiro atoms. The minimum atomic E-state index is 0.407. The Kier molecular flexibility index (Phi) is 2.56. The zero-order chi connectivity index (χ0) is 11.1. The normalized spacial score (nSPS) is 41.8. The van der Waals surface area contributed by atoms with Gasteiger partial charge in [0.15, 0.2) is 0 Å². The third-order valence-corrected chi connectivity index (χ3v) is 5.24. The topological polar surface area (TPSA) is 0 Å². The van der Waals surface area contributed by atoms with E-state index >= 15 is 0 Å². The molecule has 0 radical (unpaired) electrons. The fourth-order valence-corrected chi connectivity index (χ4v) is 3.41. The van der Waals surface area contributed by atoms with Crippen LogP contribution >= 0.6 is 0 Å². The molecule has 0 heteroatoms. The fraction of sp³-hybridized carbons (Fsp3) is 0.733. The van der Waals surface area contributed by atoms with Gasteiger partial charge in [-0.25, -0.2) is 0 Å². The Hall–Kier alpha value is -0.520. The lowest BCUT2D eigenvalue weighted by Crippen LogP contribution is -2.37. The van der Waals surface area contributed by atoms with Gasteiger partial charge in [0.05, 0.1) is 0 Å². The molecule has 0 nitrogen and oxygen atoms in total. The van der Waals surface area contributed by atoms with Gasteiger partial charge in [-0.05, 0) is 56.3 Å². The van der Waals surface area contributed by atoms with Crippen LogP contribution in [0.25, 0.3) is 0 Å². The Balaban J connectivity index is 2.26. The molecule has 0 unspecified atom stereocenters. The lowest BCUT2D eigenvalue weighted by Gasteiger charge is -2.47. The van der Waals surface area contributed by atoms with Gasteiger partial charge in [-0.15, -0.1) is 0 Å². The minimum Gasteiger partial charge on any atom is -0.0993 e. The first-order valence-electron chi connectivity index (χ1n) is 6.32. The quantitative estimate of drug-likeness (QED) is 0.535. The summed E-state index contributed by atoms with van der Waals surface area (Å²) in [5.74, 6) is 0. The number of hydrogen-bond donors (Lipinski definition) is 0. The SMILES string of the molecule is C=C1CCC[C@]1(C)[C@]1(C)CC=C(C)CC1. The van der Waals surface area contributed by atoms with E-state index in [0.29, 0.717) is 10.8 Å². The van der Waals surface area contributed by atoms with Crippen molar-refractivity contribution in [2.45, 2.75) is 59.3 Å². The molecule has 0 aromatic carbocycles. The van der Waals surface area contributed by atoms with Crippen molar-refractivity contribution in [2.75, 3.05) is 0 Å². The zero-order valence-electron chi connectivity index (χ0n) is 10.5. The van der Waals surface area contributed by atoms with Crippen LogP contribution in [0.2, 0.25) is 0 Å². The van der Waals surface area contributed by atoms with Crippen molar-refractivity contribution in [2.24, 2.45) is 10.8 Å². The predicted molar refractivity (Wildman–Crippen MR) is 66.8 cm³/mol. The molecule has 1 saturated carbocycles. The second kappa shape index (κ2) is 3.50. The van der Waals surface area contributed by atoms with Gasteiger partial charge in [0, 0.05) is 0 Å². The predicted octanol–water partition coefficient (Wildman–Crippen LogP) is 4.87. The lowest BCUT2D eigenvalue weighted by atomic mass is 9.57. The van der Waals surface area contributed by atoms with Gasteiger partial charge < -0.3 is 0 Å². The van der Waals surface area contributed by atoms with Crippen LogP contribution in [0.5, 0.6) is 0 Å². The van der Waals surface area contributed by atoms with Crippen molar-refractivity contribution in [3.05, 3.63) is 23.8 Å². The monoisotopic (exact) mass is 204 g/mol. The average molecular weight is 204 g/mol. The highest BCUT2D eigenvalue weighted by atomic mass is 14.5. The van der Waals surface area contributed by atoms with Crippen LogP contribution < -0.4 is 0 Å². The van der Waals surface area contributed by atoms with Gasteiger partial charge in [-0.3, -0.25) is 0 Å². The van der Waals surface area contributed by atoms with E-state index in [2.05, 4.69) is 33.4 Å². The molecule has 2 aliphatic rings. The molecule has 0 bridgehead atoms. The van der Waals surface area contributed by atoms with E-state index in [1.807, 2.05) is 0 Å². The molecule has 0 N–H and O–H groups in total. The van der Waals surface area contributed by atoms with E-state index in [1.165, 1.54) is 44.1 Å². The van der Waals surface area contributed by atoms with Crippen LogP contribution in [-0.2, 0) is 0 Å². The molecule has 0 aromatic heterocycles. The second-order valence-corrected chi connectivity index (χ2v) is 6.10. The maximum Gasteiger partial charge on any atom is -0.00621 e. The first-order valence-corrected chi connectivity index (χ1v) is 6.32. The molecule has 1 fully saturated rings. The molecule has 0 amide bonds. The minimum absolute atomic E-state index is 0.407. The molecule has 2 atom stereocenters. The van der Waals surface area contributed by atoms with Crippen LogP contribution in [0.3, 0.4) is 0 Å². The molecule has 84 valence electrons. The van der Waals surface area contributed by atoms with Gasteiger partial charge in [-0.1, -0.05) is 37.6 Å². The van der Waals surface area contributed by atoms with Crippen molar-refractivity contribution in [3.8, 4) is 0 Å². The van der Waals surface area contributed by atoms with Crippen LogP contribution in [-0.4, -0.2) is 0 Å². The zero-order valence-corrected chi connectivity index (χ0v) is 10.5. The molecule has 0 aromatic rings. The van der Waals surface area contributed by atoms with Gasteiger partial charge in [-0.2, -0.15) is 0 Å². The van der Waals surface area contributed by atoms with E-state index in [0.717, 1.165) is 0 Å². The van der Waals surface area contributed by atoms with E-state index in [-0.39, 0.29) is 0 Å². The number of allylic oxidation sites excluding steroid dienone is 3. The Bertz CT molecular complexity index is 310. The molecule has 2 aliphatic carbocycles. The standard InChI is InChI=1S/C15H24/c1-12-7-10-14(3,11-8-12)15(4)9-5-6-13(15)2/h7H,2,5-6,8-11H2,1,3-4H3/t14-,15+/m1/s1. The lowest BCUT2D eigenvalue weighted by molar-refractivity contribution is 0.0986. The molecule has 2 rings (SSSR count). The number of rotatable bonds is 1. The maximum atomic E-state index is 4.33. The molecular formula is C15H24. The summed E-state index contributed by atoms with van der Waals surface area (Å²) in [4.78, 5) is 0. The molecule has 15 heavy (non-hydrogen) atoms. The van der Waals surface area contributed by atoms with E-state index in [1.54, 1.807) is 5.57 Å². The molecule has 0 heterocycles. The van der Waals surface area contributed by atoms with Crippen molar-refractivity contribution < 1.29 is 0 Å². The van der Waals surface area contributed by atoms with Gasteiger partial charge in [0.1, 0.15) is 0 Å². The van der Waals surface area contributed by atoms with Gasteiger partial charge in [0.2, 0.25) is 0 Å². The summed E-state index contributed by atoms with van der Waals surface area (Å²) in [5.41, 5.74) is 3.97. The highest BCUT2D eigenvalue weighted by Crippen LogP contribution is 2.58. The highest BCUT2D eigenvalue weighted by Gasteiger charge is 2.47. The van der Waals surface area contributed by atoms with Crippen molar-refractivity contribution in [3.63, 3.8) is 0 Å². The Morgan fingerprint density at radius 1 is 1.20 bits per heavy atom. The third-order valence-electron chi connectivity index (χ3n) is 5.24. The van der Waals surface area contributed by atoms with Crippen molar-refractivity contribution in [1.82, 2.24) is 0 Å². The Labute approximate surface area is 94.5 Å². The summed E-state index contributed by atoms with van der Waals surface area (Å²) >= 11 is 0. The molecule has 0 aliphatic heterocycles. The van der Waals surface area contributed by atoms with Crippen LogP contribution in [0.15, 0.2) is 23.8 Å². The third kappa shape index (κ3) is 1.58. The summed E-state index contributed by atoms with van der Waals surface area (Å²) in [7, 11) is 0. The van der Waals surface area contributed by atoms with E-state index < -0.39 is 0 Å². The maximum absolute atomic E-state index is 4.33. The second-order valence-electron chi connectivity index (χ2n) is 6.10. The van der Waals surface area contributed by atoms with E-state index in [4.69, 9.17) is 0 Å². The summed E-state index contributed by atoms with van der Waals surface area (Å²) < 4.78 is 0. The first kappa shape index (κ1) is 11.0. The summed E-state index contributed by atoms with van der Waals surface area (Å²) in [6.07, 6.45) is 10.3. The first-order chi connectivity index (χ1) is 6.98. The van der Waals surface area contributed by atoms with Gasteiger partial charge >= 0.3 is 0 Å². The van der Waals surface area contributed by atoms with Crippen molar-refractivity contribution in [1.29, 1.82) is 0 Å². The Morgan fingerprint density at radius 3 is 2.40 bits per heavy atom.